The van der Waals surface area contributed by atoms with Crippen LogP contribution in [0.25, 0.3) is 11.1 Å². The van der Waals surface area contributed by atoms with Crippen LogP contribution in [0.2, 0.25) is 0 Å². The van der Waals surface area contributed by atoms with E-state index in [2.05, 4.69) is 27.8 Å². The molecule has 5 heteroatoms. The van der Waals surface area contributed by atoms with E-state index in [4.69, 9.17) is 13.9 Å². The van der Waals surface area contributed by atoms with Gasteiger partial charge in [-0.2, -0.15) is 4.98 Å². The van der Waals surface area contributed by atoms with E-state index in [1.54, 1.807) is 0 Å². The van der Waals surface area contributed by atoms with Crippen molar-refractivity contribution in [2.45, 2.75) is 33.3 Å². The van der Waals surface area contributed by atoms with E-state index in [1.807, 2.05) is 26.0 Å². The summed E-state index contributed by atoms with van der Waals surface area (Å²) in [6.07, 6.45) is 1.35. The quantitative estimate of drug-likeness (QED) is 0.831. The normalized spacial score (nSPS) is 12.7. The molecule has 98 valence electrons. The van der Waals surface area contributed by atoms with Gasteiger partial charge in [0.1, 0.15) is 5.75 Å². The number of hydrogen-bond acceptors (Lipinski definition) is 4. The average molecular weight is 314 g/mol. The van der Waals surface area contributed by atoms with Crippen molar-refractivity contribution < 1.29 is 13.9 Å². The molecule has 0 aliphatic heterocycles. The average Bonchev–Trinajstić information content (AvgIpc) is 2.78. The Labute approximate surface area is 114 Å². The summed E-state index contributed by atoms with van der Waals surface area (Å²) in [5.74, 6) is 0.720. The van der Waals surface area contributed by atoms with Gasteiger partial charge in [-0.3, -0.25) is 0 Å². The van der Waals surface area contributed by atoms with Gasteiger partial charge in [0.25, 0.3) is 0 Å². The summed E-state index contributed by atoms with van der Waals surface area (Å²) < 4.78 is 17.5. The number of aromatic nitrogens is 1. The molecular weight excluding hydrogens is 298 g/mol. The monoisotopic (exact) mass is 313 g/mol. The predicted molar refractivity (Wildman–Crippen MR) is 73.3 cm³/mol. The lowest BCUT2D eigenvalue weighted by Gasteiger charge is -2.12. The van der Waals surface area contributed by atoms with E-state index in [1.165, 1.54) is 0 Å². The van der Waals surface area contributed by atoms with Crippen molar-refractivity contribution in [2.24, 2.45) is 0 Å². The molecule has 0 amide bonds. The van der Waals surface area contributed by atoms with Crippen LogP contribution in [0.5, 0.6) is 11.8 Å². The lowest BCUT2D eigenvalue weighted by Crippen LogP contribution is -2.09. The van der Waals surface area contributed by atoms with Crippen LogP contribution in [-0.4, -0.2) is 17.7 Å². The van der Waals surface area contributed by atoms with E-state index < -0.39 is 0 Å². The highest BCUT2D eigenvalue weighted by Crippen LogP contribution is 2.34. The highest BCUT2D eigenvalue weighted by Gasteiger charge is 2.16. The van der Waals surface area contributed by atoms with Gasteiger partial charge < -0.3 is 13.9 Å². The molecule has 0 spiro atoms. The molecule has 1 aromatic heterocycles. The van der Waals surface area contributed by atoms with Crippen LogP contribution in [0.1, 0.15) is 27.2 Å². The largest absolute Gasteiger partial charge is 0.488 e. The molecule has 1 unspecified atom stereocenters. The van der Waals surface area contributed by atoms with E-state index in [0.717, 1.165) is 16.6 Å². The van der Waals surface area contributed by atoms with Crippen LogP contribution in [0.4, 0.5) is 0 Å². The van der Waals surface area contributed by atoms with Gasteiger partial charge in [0.2, 0.25) is 0 Å². The van der Waals surface area contributed by atoms with Gasteiger partial charge in [0.15, 0.2) is 11.1 Å². The Bertz CT molecular complexity index is 538. The second-order valence-corrected chi connectivity index (χ2v) is 4.83. The van der Waals surface area contributed by atoms with Crippen molar-refractivity contribution >= 4 is 27.0 Å². The Morgan fingerprint density at radius 1 is 1.39 bits per heavy atom. The number of halogens is 1. The van der Waals surface area contributed by atoms with E-state index in [0.29, 0.717) is 17.7 Å². The highest BCUT2D eigenvalue weighted by atomic mass is 79.9. The molecule has 0 saturated heterocycles. The molecule has 1 aromatic carbocycles. The zero-order chi connectivity index (χ0) is 13.1. The first-order chi connectivity index (χ1) is 8.65. The van der Waals surface area contributed by atoms with Gasteiger partial charge in [-0.25, -0.2) is 0 Å². The molecule has 0 N–H and O–H groups in total. The van der Waals surface area contributed by atoms with Gasteiger partial charge in [0.05, 0.1) is 17.2 Å². The highest BCUT2D eigenvalue weighted by molar-refractivity contribution is 9.10. The first-order valence-corrected chi connectivity index (χ1v) is 6.83. The summed E-state index contributed by atoms with van der Waals surface area (Å²) in [7, 11) is 0. The minimum atomic E-state index is 0.140. The van der Waals surface area contributed by atoms with E-state index in [-0.39, 0.29) is 12.2 Å². The zero-order valence-electron chi connectivity index (χ0n) is 10.7. The molecule has 0 aliphatic rings. The fourth-order valence-corrected chi connectivity index (χ4v) is 1.91. The third-order valence-corrected chi connectivity index (χ3v) is 3.23. The standard InChI is InChI=1S/C13H16BrNO3/c1-4-8(3)17-10-7-6-9(14)12-11(10)15-13(18-12)16-5-2/h6-8H,4-5H2,1-3H3. The third kappa shape index (κ3) is 2.61. The number of benzene rings is 1. The molecule has 2 rings (SSSR count). The van der Waals surface area contributed by atoms with Crippen LogP contribution in [0, 0.1) is 0 Å². The smallest absolute Gasteiger partial charge is 0.394 e. The summed E-state index contributed by atoms with van der Waals surface area (Å²) in [5.41, 5.74) is 1.34. The van der Waals surface area contributed by atoms with Gasteiger partial charge in [-0.15, -0.1) is 0 Å². The maximum absolute atomic E-state index is 5.82. The summed E-state index contributed by atoms with van der Waals surface area (Å²) >= 11 is 3.43. The van der Waals surface area contributed by atoms with Gasteiger partial charge in [0, 0.05) is 0 Å². The topological polar surface area (TPSA) is 44.5 Å². The molecule has 0 aliphatic carbocycles. The van der Waals surface area contributed by atoms with Gasteiger partial charge in [-0.05, 0) is 48.3 Å². The van der Waals surface area contributed by atoms with Crippen LogP contribution in [0.3, 0.4) is 0 Å². The molecule has 0 saturated carbocycles. The minimum Gasteiger partial charge on any atom is -0.488 e. The summed E-state index contributed by atoms with van der Waals surface area (Å²) in [5, 5.41) is 0. The number of fused-ring (bicyclic) bond motifs is 1. The van der Waals surface area contributed by atoms with E-state index in [9.17, 15) is 0 Å². The SMILES string of the molecule is CCOc1nc2c(OC(C)CC)ccc(Br)c2o1. The maximum atomic E-state index is 5.82. The fraction of sp³-hybridized carbons (Fsp3) is 0.462. The maximum Gasteiger partial charge on any atom is 0.394 e. The second kappa shape index (κ2) is 5.61. The van der Waals surface area contributed by atoms with Gasteiger partial charge in [-0.1, -0.05) is 6.92 Å². The number of oxazole rings is 1. The van der Waals surface area contributed by atoms with E-state index >= 15 is 0 Å². The van der Waals surface area contributed by atoms with Crippen molar-refractivity contribution in [3.05, 3.63) is 16.6 Å². The van der Waals surface area contributed by atoms with Crippen LogP contribution in [0.15, 0.2) is 21.0 Å². The predicted octanol–water partition coefficient (Wildman–Crippen LogP) is 4.17. The lowest BCUT2D eigenvalue weighted by atomic mass is 10.3. The molecule has 0 bridgehead atoms. The Kier molecular flexibility index (Phi) is 4.11. The van der Waals surface area contributed by atoms with Crippen molar-refractivity contribution in [2.75, 3.05) is 6.61 Å². The first kappa shape index (κ1) is 13.2. The molecular formula is C13H16BrNO3. The second-order valence-electron chi connectivity index (χ2n) is 3.97. The lowest BCUT2D eigenvalue weighted by molar-refractivity contribution is 0.219. The van der Waals surface area contributed by atoms with Crippen molar-refractivity contribution in [3.8, 4) is 11.8 Å². The van der Waals surface area contributed by atoms with Crippen LogP contribution < -0.4 is 9.47 Å². The summed E-state index contributed by atoms with van der Waals surface area (Å²) in [4.78, 5) is 4.31. The molecule has 2 aromatic rings. The van der Waals surface area contributed by atoms with Crippen molar-refractivity contribution in [3.63, 3.8) is 0 Å². The van der Waals surface area contributed by atoms with Crippen LogP contribution >= 0.6 is 15.9 Å². The minimum absolute atomic E-state index is 0.140. The van der Waals surface area contributed by atoms with Crippen molar-refractivity contribution in [1.29, 1.82) is 0 Å². The number of nitrogens with zero attached hydrogens (tertiary/aromatic N) is 1. The molecule has 18 heavy (non-hydrogen) atoms. The molecule has 1 heterocycles. The zero-order valence-corrected chi connectivity index (χ0v) is 12.3. The Hall–Kier alpha value is -1.23. The number of rotatable bonds is 5. The Morgan fingerprint density at radius 3 is 2.83 bits per heavy atom. The molecule has 4 nitrogen and oxygen atoms in total. The Balaban J connectivity index is 2.44. The van der Waals surface area contributed by atoms with Gasteiger partial charge >= 0.3 is 6.08 Å². The number of hydrogen-bond donors (Lipinski definition) is 0. The number of ether oxygens (including phenoxy) is 2. The first-order valence-electron chi connectivity index (χ1n) is 6.04. The summed E-state index contributed by atoms with van der Waals surface area (Å²) in [6, 6.07) is 3.78. The fourth-order valence-electron chi connectivity index (χ4n) is 1.51. The van der Waals surface area contributed by atoms with Crippen LogP contribution in [-0.2, 0) is 0 Å². The molecule has 1 atom stereocenters. The Morgan fingerprint density at radius 2 is 2.17 bits per heavy atom. The third-order valence-electron chi connectivity index (χ3n) is 2.61. The summed E-state index contributed by atoms with van der Waals surface area (Å²) in [6.45, 7) is 6.51. The molecule has 0 fully saturated rings. The molecule has 0 radical (unpaired) electrons. The van der Waals surface area contributed by atoms with Crippen molar-refractivity contribution in [1.82, 2.24) is 4.98 Å².